The Morgan fingerprint density at radius 3 is 2.54 bits per heavy atom. The van der Waals surface area contributed by atoms with Gasteiger partial charge in [-0.2, -0.15) is 0 Å². The van der Waals surface area contributed by atoms with Gasteiger partial charge < -0.3 is 15.4 Å². The maximum absolute atomic E-state index is 13.6. The number of thioether (sulfide) groups is 1. The first-order valence-corrected chi connectivity index (χ1v) is 14.4. The maximum Gasteiger partial charge on any atom is 0.259 e. The van der Waals surface area contributed by atoms with E-state index >= 15 is 0 Å². The molecule has 0 bridgehead atoms. The zero-order chi connectivity index (χ0) is 28.8. The van der Waals surface area contributed by atoms with Gasteiger partial charge in [-0.05, 0) is 42.7 Å². The van der Waals surface area contributed by atoms with Crippen molar-refractivity contribution in [1.82, 2.24) is 10.2 Å². The number of rotatable bonds is 10. The molecule has 2 N–H and O–H groups in total. The number of nitrogens with zero attached hydrogens (tertiary/aromatic N) is 3. The topological polar surface area (TPSA) is 112 Å². The zero-order valence-electron chi connectivity index (χ0n) is 22.9. The van der Waals surface area contributed by atoms with Crippen molar-refractivity contribution in [3.05, 3.63) is 90.0 Å². The van der Waals surface area contributed by atoms with E-state index in [4.69, 9.17) is 9.73 Å². The van der Waals surface area contributed by atoms with E-state index in [1.165, 1.54) is 16.7 Å². The van der Waals surface area contributed by atoms with E-state index in [0.717, 1.165) is 5.56 Å². The Morgan fingerprint density at radius 2 is 1.76 bits per heavy atom. The predicted molar refractivity (Wildman–Crippen MR) is 162 cm³/mol. The number of para-hydroxylation sites is 3. The van der Waals surface area contributed by atoms with Gasteiger partial charge in [-0.1, -0.05) is 73.3 Å². The van der Waals surface area contributed by atoms with Gasteiger partial charge in [0.05, 0.1) is 30.2 Å². The number of hydrogen-bond donors (Lipinski definition) is 2. The van der Waals surface area contributed by atoms with Gasteiger partial charge in [-0.3, -0.25) is 19.4 Å². The first kappa shape index (κ1) is 28.1. The van der Waals surface area contributed by atoms with Crippen molar-refractivity contribution in [2.45, 2.75) is 37.5 Å². The molecule has 3 amide bonds. The third-order valence-corrected chi connectivity index (χ3v) is 8.10. The molecular weight excluding hydrogens is 538 g/mol. The maximum atomic E-state index is 13.6. The van der Waals surface area contributed by atoms with Crippen molar-refractivity contribution in [2.75, 3.05) is 19.0 Å². The molecule has 2 aliphatic rings. The van der Waals surface area contributed by atoms with Crippen LogP contribution in [0.15, 0.2) is 88.8 Å². The number of ether oxygens (including phenoxy) is 1. The van der Waals surface area contributed by atoms with Crippen molar-refractivity contribution < 1.29 is 19.1 Å². The average Bonchev–Trinajstić information content (AvgIpc) is 3.32. The highest BCUT2D eigenvalue weighted by Gasteiger charge is 2.43. The molecule has 3 aromatic carbocycles. The van der Waals surface area contributed by atoms with E-state index in [2.05, 4.69) is 15.6 Å². The summed E-state index contributed by atoms with van der Waals surface area (Å²) in [7, 11) is 1.55. The molecule has 0 fully saturated rings. The van der Waals surface area contributed by atoms with Crippen LogP contribution in [0.25, 0.3) is 0 Å². The highest BCUT2D eigenvalue weighted by atomic mass is 32.2. The van der Waals surface area contributed by atoms with Crippen molar-refractivity contribution in [1.29, 1.82) is 0 Å². The van der Waals surface area contributed by atoms with E-state index in [1.54, 1.807) is 19.2 Å². The summed E-state index contributed by atoms with van der Waals surface area (Å²) in [6.07, 6.45) is 1.12. The summed E-state index contributed by atoms with van der Waals surface area (Å²) >= 11 is 1.20. The minimum absolute atomic E-state index is 0.0702. The number of amides is 3. The Kier molecular flexibility index (Phi) is 8.79. The van der Waals surface area contributed by atoms with Crippen LogP contribution >= 0.6 is 11.8 Å². The highest BCUT2D eigenvalue weighted by molar-refractivity contribution is 8.15. The first-order valence-electron chi connectivity index (χ1n) is 13.5. The van der Waals surface area contributed by atoms with Gasteiger partial charge in [-0.15, -0.1) is 0 Å². The third kappa shape index (κ3) is 6.33. The summed E-state index contributed by atoms with van der Waals surface area (Å²) in [6.45, 7) is 2.37. The molecule has 10 heteroatoms. The fourth-order valence-corrected chi connectivity index (χ4v) is 5.68. The lowest BCUT2D eigenvalue weighted by Gasteiger charge is -2.27. The summed E-state index contributed by atoms with van der Waals surface area (Å²) in [4.78, 5) is 50.5. The number of benzene rings is 3. The van der Waals surface area contributed by atoms with Gasteiger partial charge in [0, 0.05) is 12.1 Å². The van der Waals surface area contributed by atoms with Crippen LogP contribution in [0.5, 0.6) is 5.75 Å². The lowest BCUT2D eigenvalue weighted by molar-refractivity contribution is -0.128. The predicted octanol–water partition coefficient (Wildman–Crippen LogP) is 4.55. The molecule has 0 aromatic heterocycles. The Morgan fingerprint density at radius 1 is 1.02 bits per heavy atom. The highest BCUT2D eigenvalue weighted by Crippen LogP contribution is 2.36. The van der Waals surface area contributed by atoms with Gasteiger partial charge >= 0.3 is 0 Å². The minimum Gasteiger partial charge on any atom is -0.495 e. The lowest BCUT2D eigenvalue weighted by atomic mass is 10.1. The molecule has 0 aliphatic carbocycles. The van der Waals surface area contributed by atoms with Crippen LogP contribution in [0.2, 0.25) is 0 Å². The van der Waals surface area contributed by atoms with Gasteiger partial charge in [0.15, 0.2) is 5.17 Å². The van der Waals surface area contributed by atoms with Crippen LogP contribution in [0.1, 0.15) is 30.9 Å². The summed E-state index contributed by atoms with van der Waals surface area (Å²) in [5.41, 5.74) is 3.05. The van der Waals surface area contributed by atoms with Crippen LogP contribution < -0.4 is 15.4 Å². The van der Waals surface area contributed by atoms with Gasteiger partial charge in [0.2, 0.25) is 11.8 Å². The average molecular weight is 570 g/mol. The Labute approximate surface area is 243 Å². The summed E-state index contributed by atoms with van der Waals surface area (Å²) in [5.74, 6) is 0.191. The van der Waals surface area contributed by atoms with Crippen molar-refractivity contribution in [3.8, 4) is 5.75 Å². The van der Waals surface area contributed by atoms with Gasteiger partial charge in [0.25, 0.3) is 5.91 Å². The van der Waals surface area contributed by atoms with Crippen LogP contribution in [0, 0.1) is 0 Å². The zero-order valence-corrected chi connectivity index (χ0v) is 23.7. The standard InChI is InChI=1S/C31H31N5O4S/c1-3-26(29(38)34-23-15-9-10-16-25(23)40-2)41-31-35-22-14-8-7-13-21(22)28-33-24(30(39)36(28)31)19-27(37)32-18-17-20-11-5-4-6-12-20/h4-16,24,26H,3,17-19H2,1-2H3,(H,32,37)(H,34,38)/t24-,26-/m0/s1. The Bertz CT molecular complexity index is 1510. The summed E-state index contributed by atoms with van der Waals surface area (Å²) in [6, 6.07) is 23.6. The third-order valence-electron chi connectivity index (χ3n) is 6.78. The molecule has 2 heterocycles. The molecule has 0 spiro atoms. The summed E-state index contributed by atoms with van der Waals surface area (Å²) in [5, 5.41) is 5.65. The number of hydrogen-bond acceptors (Lipinski definition) is 7. The number of anilines is 1. The van der Waals surface area contributed by atoms with Crippen molar-refractivity contribution in [3.63, 3.8) is 0 Å². The van der Waals surface area contributed by atoms with E-state index in [0.29, 0.717) is 53.1 Å². The molecule has 9 nitrogen and oxygen atoms in total. The van der Waals surface area contributed by atoms with E-state index in [9.17, 15) is 14.4 Å². The number of carbonyl (C=O) groups excluding carboxylic acids is 3. The molecule has 3 aromatic rings. The molecule has 0 radical (unpaired) electrons. The fraction of sp³-hybridized carbons (Fsp3) is 0.258. The Hall–Kier alpha value is -4.44. The van der Waals surface area contributed by atoms with Crippen LogP contribution in [0.4, 0.5) is 11.4 Å². The Balaban J connectivity index is 1.31. The smallest absolute Gasteiger partial charge is 0.259 e. The fourth-order valence-electron chi connectivity index (χ4n) is 4.66. The number of fused-ring (bicyclic) bond motifs is 3. The number of nitrogens with one attached hydrogen (secondary N) is 2. The molecule has 0 saturated heterocycles. The second kappa shape index (κ2) is 12.8. The van der Waals surface area contributed by atoms with E-state index in [1.807, 2.05) is 73.7 Å². The molecule has 2 atom stereocenters. The van der Waals surface area contributed by atoms with Gasteiger partial charge in [0.1, 0.15) is 17.6 Å². The van der Waals surface area contributed by atoms with Crippen molar-refractivity contribution >= 4 is 51.9 Å². The van der Waals surface area contributed by atoms with Crippen LogP contribution in [-0.2, 0) is 20.8 Å². The SMILES string of the molecule is CC[C@H](SC1=Nc2ccccc2C2=N[C@@H](CC(=O)NCCc3ccccc3)C(=O)N12)C(=O)Nc1ccccc1OC. The van der Waals surface area contributed by atoms with Crippen molar-refractivity contribution in [2.24, 2.45) is 9.98 Å². The van der Waals surface area contributed by atoms with Crippen LogP contribution in [0.3, 0.4) is 0 Å². The largest absolute Gasteiger partial charge is 0.495 e. The van der Waals surface area contributed by atoms with E-state index in [-0.39, 0.29) is 24.1 Å². The molecule has 41 heavy (non-hydrogen) atoms. The quantitative estimate of drug-likeness (QED) is 0.372. The molecular formula is C31H31N5O4S. The second-order valence-corrected chi connectivity index (χ2v) is 10.7. The first-order chi connectivity index (χ1) is 20.0. The molecule has 2 aliphatic heterocycles. The minimum atomic E-state index is -0.874. The number of carbonyl (C=O) groups is 3. The number of aliphatic imine (C=N–C) groups is 2. The van der Waals surface area contributed by atoms with Gasteiger partial charge in [-0.25, -0.2) is 9.89 Å². The monoisotopic (exact) mass is 569 g/mol. The normalized spacial score (nSPS) is 16.2. The van der Waals surface area contributed by atoms with E-state index < -0.39 is 11.3 Å². The van der Waals surface area contributed by atoms with Crippen LogP contribution in [-0.4, -0.2) is 58.6 Å². The lowest BCUT2D eigenvalue weighted by Crippen LogP contribution is -2.43. The summed E-state index contributed by atoms with van der Waals surface area (Å²) < 4.78 is 5.36. The second-order valence-electron chi connectivity index (χ2n) is 9.55. The molecule has 0 unspecified atom stereocenters. The number of methoxy groups -OCH3 is 1. The number of amidine groups is 2. The molecule has 5 rings (SSSR count). The molecule has 210 valence electrons. The molecule has 0 saturated carbocycles.